The van der Waals surface area contributed by atoms with Gasteiger partial charge in [0.15, 0.2) is 0 Å². The molecule has 0 aliphatic rings. The first-order valence-corrected chi connectivity index (χ1v) is 9.16. The first-order valence-electron chi connectivity index (χ1n) is 8.28. The Hall–Kier alpha value is -3.53. The van der Waals surface area contributed by atoms with Crippen LogP contribution in [-0.4, -0.2) is 26.5 Å². The molecule has 0 unspecified atom stereocenters. The third kappa shape index (κ3) is 4.07. The Morgan fingerprint density at radius 3 is 2.39 bits per heavy atom. The van der Waals surface area contributed by atoms with Crippen molar-refractivity contribution in [2.75, 3.05) is 0 Å². The van der Waals surface area contributed by atoms with Gasteiger partial charge in [-0.25, -0.2) is 0 Å². The highest BCUT2D eigenvalue weighted by Crippen LogP contribution is 2.22. The van der Waals surface area contributed by atoms with Gasteiger partial charge in [0.25, 0.3) is 11.8 Å². The molecular formula is C18H17N5O4S. The van der Waals surface area contributed by atoms with E-state index in [1.807, 2.05) is 0 Å². The lowest BCUT2D eigenvalue weighted by Crippen LogP contribution is -2.41. The van der Waals surface area contributed by atoms with Crippen LogP contribution in [0.2, 0.25) is 0 Å². The van der Waals surface area contributed by atoms with Crippen LogP contribution < -0.4 is 10.9 Å². The van der Waals surface area contributed by atoms with E-state index in [9.17, 15) is 19.7 Å². The highest BCUT2D eigenvalue weighted by molar-refractivity contribution is 7.12. The molecule has 0 spiro atoms. The fraction of sp³-hybridized carbons (Fsp3) is 0.167. The maximum atomic E-state index is 12.2. The first-order chi connectivity index (χ1) is 13.4. The SMILES string of the molecule is Cc1nn(Cc2ccc(C(=O)NNC(=O)c3cccs3)cc2)c(C)c1[N+](=O)[O-]. The molecule has 0 saturated heterocycles. The molecule has 2 N–H and O–H groups in total. The predicted octanol–water partition coefficient (Wildman–Crippen LogP) is 2.59. The highest BCUT2D eigenvalue weighted by atomic mass is 32.1. The summed E-state index contributed by atoms with van der Waals surface area (Å²) in [5.74, 6) is -0.829. The summed E-state index contributed by atoms with van der Waals surface area (Å²) in [7, 11) is 0. The zero-order valence-electron chi connectivity index (χ0n) is 15.1. The monoisotopic (exact) mass is 399 g/mol. The molecule has 3 aromatic rings. The topological polar surface area (TPSA) is 119 Å². The molecule has 0 aliphatic heterocycles. The average molecular weight is 399 g/mol. The van der Waals surface area contributed by atoms with Gasteiger partial charge in [-0.05, 0) is 43.0 Å². The Labute approximate surface area is 164 Å². The lowest BCUT2D eigenvalue weighted by Gasteiger charge is -2.08. The van der Waals surface area contributed by atoms with Crippen LogP contribution >= 0.6 is 11.3 Å². The van der Waals surface area contributed by atoms with Crippen molar-refractivity contribution in [3.63, 3.8) is 0 Å². The number of amides is 2. The van der Waals surface area contributed by atoms with Crippen LogP contribution in [0.4, 0.5) is 5.69 Å². The van der Waals surface area contributed by atoms with Gasteiger partial charge >= 0.3 is 5.69 Å². The smallest absolute Gasteiger partial charge is 0.267 e. The largest absolute Gasteiger partial charge is 0.312 e. The van der Waals surface area contributed by atoms with E-state index in [0.717, 1.165) is 5.56 Å². The third-order valence-corrected chi connectivity index (χ3v) is 4.98. The Kier molecular flexibility index (Phi) is 5.50. The lowest BCUT2D eigenvalue weighted by molar-refractivity contribution is -0.386. The highest BCUT2D eigenvalue weighted by Gasteiger charge is 2.21. The van der Waals surface area contributed by atoms with E-state index >= 15 is 0 Å². The predicted molar refractivity (Wildman–Crippen MR) is 103 cm³/mol. The van der Waals surface area contributed by atoms with Gasteiger partial charge in [-0.1, -0.05) is 18.2 Å². The van der Waals surface area contributed by atoms with Crippen LogP contribution in [0.25, 0.3) is 0 Å². The van der Waals surface area contributed by atoms with E-state index in [2.05, 4.69) is 16.0 Å². The van der Waals surface area contributed by atoms with E-state index in [4.69, 9.17) is 0 Å². The number of rotatable bonds is 5. The molecule has 28 heavy (non-hydrogen) atoms. The van der Waals surface area contributed by atoms with Crippen molar-refractivity contribution in [1.29, 1.82) is 0 Å². The Bertz CT molecular complexity index is 1030. The van der Waals surface area contributed by atoms with Crippen molar-refractivity contribution >= 4 is 28.8 Å². The molecule has 10 heteroatoms. The standard InChI is InChI=1S/C18H17N5O4S/c1-11-16(23(26)27)12(2)22(21-11)10-13-5-7-14(8-6-13)17(24)19-20-18(25)15-4-3-9-28-15/h3-9H,10H2,1-2H3,(H,19,24)(H,20,25). The number of benzene rings is 1. The van der Waals surface area contributed by atoms with Gasteiger partial charge in [0.2, 0.25) is 0 Å². The summed E-state index contributed by atoms with van der Waals surface area (Å²) in [4.78, 5) is 35.1. The minimum atomic E-state index is -0.446. The zero-order chi connectivity index (χ0) is 20.3. The van der Waals surface area contributed by atoms with Gasteiger partial charge in [0.05, 0.1) is 16.3 Å². The van der Waals surface area contributed by atoms with Crippen molar-refractivity contribution in [3.8, 4) is 0 Å². The number of carbonyl (C=O) groups is 2. The maximum absolute atomic E-state index is 12.2. The summed E-state index contributed by atoms with van der Waals surface area (Å²) in [5.41, 5.74) is 6.77. The van der Waals surface area contributed by atoms with Crippen LogP contribution in [0.15, 0.2) is 41.8 Å². The minimum absolute atomic E-state index is 0.0116. The van der Waals surface area contributed by atoms with Gasteiger partial charge in [0, 0.05) is 5.56 Å². The summed E-state index contributed by atoms with van der Waals surface area (Å²) >= 11 is 1.27. The molecular weight excluding hydrogens is 382 g/mol. The number of nitro groups is 1. The normalized spacial score (nSPS) is 10.5. The second-order valence-corrected chi connectivity index (χ2v) is 6.96. The molecule has 0 fully saturated rings. The lowest BCUT2D eigenvalue weighted by atomic mass is 10.1. The van der Waals surface area contributed by atoms with Crippen molar-refractivity contribution in [2.24, 2.45) is 0 Å². The van der Waals surface area contributed by atoms with Crippen LogP contribution in [0.1, 0.15) is 37.0 Å². The van der Waals surface area contributed by atoms with Crippen molar-refractivity contribution < 1.29 is 14.5 Å². The fourth-order valence-electron chi connectivity index (χ4n) is 2.70. The van der Waals surface area contributed by atoms with Crippen molar-refractivity contribution in [3.05, 3.63) is 79.3 Å². The van der Waals surface area contributed by atoms with E-state index in [1.54, 1.807) is 60.3 Å². The van der Waals surface area contributed by atoms with Gasteiger partial charge in [-0.2, -0.15) is 5.10 Å². The molecule has 144 valence electrons. The van der Waals surface area contributed by atoms with Crippen LogP contribution in [0, 0.1) is 24.0 Å². The Morgan fingerprint density at radius 2 is 1.82 bits per heavy atom. The van der Waals surface area contributed by atoms with E-state index in [1.165, 1.54) is 11.3 Å². The number of hydrazine groups is 1. The third-order valence-electron chi connectivity index (χ3n) is 4.11. The molecule has 2 amide bonds. The number of hydrogen-bond acceptors (Lipinski definition) is 6. The molecule has 2 heterocycles. The van der Waals surface area contributed by atoms with Crippen molar-refractivity contribution in [1.82, 2.24) is 20.6 Å². The van der Waals surface area contributed by atoms with Crippen LogP contribution in [-0.2, 0) is 6.54 Å². The maximum Gasteiger partial charge on any atom is 0.312 e. The zero-order valence-corrected chi connectivity index (χ0v) is 15.9. The molecule has 3 rings (SSSR count). The summed E-state index contributed by atoms with van der Waals surface area (Å²) < 4.78 is 1.56. The van der Waals surface area contributed by atoms with Crippen LogP contribution in [0.5, 0.6) is 0 Å². The van der Waals surface area contributed by atoms with Crippen molar-refractivity contribution in [2.45, 2.75) is 20.4 Å². The number of nitrogens with zero attached hydrogens (tertiary/aromatic N) is 3. The molecule has 0 atom stereocenters. The molecule has 0 aliphatic carbocycles. The second kappa shape index (κ2) is 8.01. The fourth-order valence-corrected chi connectivity index (χ4v) is 3.31. The summed E-state index contributed by atoms with van der Waals surface area (Å²) in [6.07, 6.45) is 0. The first kappa shape index (κ1) is 19.2. The second-order valence-electron chi connectivity index (χ2n) is 6.02. The summed E-state index contributed by atoms with van der Waals surface area (Å²) in [6, 6.07) is 10.1. The van der Waals surface area contributed by atoms with Gasteiger partial charge in [-0.15, -0.1) is 11.3 Å². The summed E-state index contributed by atoms with van der Waals surface area (Å²) in [5, 5.41) is 17.1. The average Bonchev–Trinajstić information content (AvgIpc) is 3.29. The molecule has 0 saturated carbocycles. The van der Waals surface area contributed by atoms with Gasteiger partial charge in [0.1, 0.15) is 11.4 Å². The Morgan fingerprint density at radius 1 is 1.14 bits per heavy atom. The van der Waals surface area contributed by atoms with E-state index in [-0.39, 0.29) is 11.6 Å². The number of nitrogens with one attached hydrogen (secondary N) is 2. The Balaban J connectivity index is 1.63. The number of aryl methyl sites for hydroxylation is 1. The van der Waals surface area contributed by atoms with Gasteiger partial charge < -0.3 is 0 Å². The quantitative estimate of drug-likeness (QED) is 0.505. The molecule has 0 bridgehead atoms. The molecule has 1 aromatic carbocycles. The van der Waals surface area contributed by atoms with E-state index in [0.29, 0.717) is 28.4 Å². The minimum Gasteiger partial charge on any atom is -0.267 e. The van der Waals surface area contributed by atoms with Crippen LogP contribution in [0.3, 0.4) is 0 Å². The molecule has 2 aromatic heterocycles. The number of thiophene rings is 1. The molecule has 9 nitrogen and oxygen atoms in total. The number of hydrogen-bond donors (Lipinski definition) is 2. The van der Waals surface area contributed by atoms with E-state index < -0.39 is 10.8 Å². The molecule has 0 radical (unpaired) electrons. The summed E-state index contributed by atoms with van der Waals surface area (Å²) in [6.45, 7) is 3.59. The van der Waals surface area contributed by atoms with Gasteiger partial charge in [-0.3, -0.25) is 35.2 Å². The number of aromatic nitrogens is 2. The number of carbonyl (C=O) groups excluding carboxylic acids is 2.